The summed E-state index contributed by atoms with van der Waals surface area (Å²) in [6.07, 6.45) is 6.91. The van der Waals surface area contributed by atoms with Crippen molar-refractivity contribution < 1.29 is 43.9 Å². The van der Waals surface area contributed by atoms with Crippen molar-refractivity contribution in [3.8, 4) is 0 Å². The van der Waals surface area contributed by atoms with Crippen molar-refractivity contribution in [2.75, 3.05) is 193 Å². The van der Waals surface area contributed by atoms with Gasteiger partial charge in [-0.15, -0.1) is 0 Å². The van der Waals surface area contributed by atoms with Gasteiger partial charge in [-0.2, -0.15) is 19.9 Å². The Kier molecular flexibility index (Phi) is 37.1. The van der Waals surface area contributed by atoms with Gasteiger partial charge in [-0.25, -0.2) is 72.5 Å². The van der Waals surface area contributed by atoms with Crippen LogP contribution in [-0.4, -0.2) is 247 Å². The Morgan fingerprint density at radius 3 is 0.753 bits per heavy atom. The molecule has 4 aliphatic rings. The quantitative estimate of drug-likeness (QED) is 0.0186. The molecule has 4 aliphatic heterocycles. The fraction of sp³-hybridized carbons (Fsp3) is 0.385. The van der Waals surface area contributed by atoms with E-state index in [0.29, 0.717) is 76.4 Å². The number of aliphatic hydroxyl groups is 2. The lowest BCUT2D eigenvalue weighted by molar-refractivity contribution is 0.188. The molecule has 8 aromatic carbocycles. The summed E-state index contributed by atoms with van der Waals surface area (Å²) in [5, 5.41) is 51.1. The summed E-state index contributed by atoms with van der Waals surface area (Å²) < 4.78 is 113. The maximum Gasteiger partial charge on any atom is 0.241 e. The monoisotopic (exact) mass is 2070 g/mol. The third-order valence-corrected chi connectivity index (χ3v) is 30.0. The minimum atomic E-state index is -3.66. The number of nitrogens with zero attached hydrogens (tertiary/aromatic N) is 14. The van der Waals surface area contributed by atoms with E-state index in [1.54, 1.807) is 157 Å². The highest BCUT2D eigenvalue weighted by molar-refractivity contribution is 7.90. The third-order valence-electron chi connectivity index (χ3n) is 23.0. The number of sulfonamides is 4. The van der Waals surface area contributed by atoms with E-state index in [4.69, 9.17) is 5.11 Å². The number of aliphatic hydroxyl groups excluding tert-OH is 2. The van der Waals surface area contributed by atoms with Crippen molar-refractivity contribution in [2.45, 2.75) is 153 Å². The second kappa shape index (κ2) is 49.1. The zero-order valence-electron chi connectivity index (χ0n) is 86.0. The minimum Gasteiger partial charge on any atom is -0.395 e. The molecule has 4 fully saturated rings. The molecule has 0 bridgehead atoms. The number of aromatic nitrogens is 8. The highest BCUT2D eigenvalue weighted by Crippen LogP contribution is 2.34. The van der Waals surface area contributed by atoms with E-state index in [9.17, 15) is 38.8 Å². The van der Waals surface area contributed by atoms with Gasteiger partial charge in [-0.1, -0.05) is 36.4 Å². The zero-order chi connectivity index (χ0) is 105. The lowest BCUT2D eigenvalue weighted by atomic mass is 10.1. The smallest absolute Gasteiger partial charge is 0.241 e. The first-order valence-electron chi connectivity index (χ1n) is 48.8. The average molecular weight is 2070 g/mol. The van der Waals surface area contributed by atoms with E-state index < -0.39 is 62.2 Å². The van der Waals surface area contributed by atoms with Crippen molar-refractivity contribution >= 4 is 155 Å². The number of β-amino-alcohol motifs (C(OH)–C–C–N with tert-alkyl or cyclic N) is 2. The highest BCUT2D eigenvalue weighted by atomic mass is 32.2. The Balaban J connectivity index is 0.000000163. The number of hydrogen-bond acceptors (Lipinski definition) is 34. The van der Waals surface area contributed by atoms with Crippen LogP contribution in [0.1, 0.15) is 105 Å². The maximum atomic E-state index is 12.8. The van der Waals surface area contributed by atoms with Gasteiger partial charge in [0.2, 0.25) is 63.9 Å². The molecule has 12 aromatic rings. The molecule has 16 N–H and O–H groups in total. The first-order valence-corrected chi connectivity index (χ1v) is 54.7. The first-order chi connectivity index (χ1) is 69.2. The number of piperazine rings is 4. The van der Waals surface area contributed by atoms with Crippen molar-refractivity contribution in [3.63, 3.8) is 0 Å². The Morgan fingerprint density at radius 1 is 0.274 bits per heavy atom. The van der Waals surface area contributed by atoms with Gasteiger partial charge in [0.05, 0.1) is 32.8 Å². The van der Waals surface area contributed by atoms with E-state index in [1.165, 1.54) is 5.69 Å². The van der Waals surface area contributed by atoms with Gasteiger partial charge < -0.3 is 83.0 Å². The molecule has 0 aliphatic carbocycles. The molecule has 0 unspecified atom stereocenters. The highest BCUT2D eigenvalue weighted by Gasteiger charge is 2.29. The van der Waals surface area contributed by atoms with Gasteiger partial charge in [0.1, 0.15) is 23.3 Å². The Labute approximate surface area is 859 Å². The molecule has 38 nitrogen and oxygen atoms in total. The van der Waals surface area contributed by atoms with Gasteiger partial charge in [-0.3, -0.25) is 9.80 Å². The summed E-state index contributed by atoms with van der Waals surface area (Å²) in [7, 11) is -14.6. The first kappa shape index (κ1) is 110. The molecule has 146 heavy (non-hydrogen) atoms. The Hall–Kier alpha value is -12.9. The van der Waals surface area contributed by atoms with Crippen LogP contribution < -0.4 is 91.7 Å². The fourth-order valence-corrected chi connectivity index (χ4v) is 21.9. The van der Waals surface area contributed by atoms with E-state index in [2.05, 4.69) is 190 Å². The lowest BCUT2D eigenvalue weighted by Gasteiger charge is -2.35. The van der Waals surface area contributed by atoms with E-state index in [1.807, 2.05) is 124 Å². The Bertz CT molecular complexity index is 6870. The van der Waals surface area contributed by atoms with Gasteiger partial charge in [0, 0.05) is 255 Å². The van der Waals surface area contributed by atoms with E-state index in [-0.39, 0.29) is 32.8 Å². The van der Waals surface area contributed by atoms with Crippen LogP contribution in [0.15, 0.2) is 238 Å². The number of aryl methyl sites for hydroxylation is 4. The predicted molar refractivity (Wildman–Crippen MR) is 587 cm³/mol. The summed E-state index contributed by atoms with van der Waals surface area (Å²) in [6, 6.07) is 59.4. The van der Waals surface area contributed by atoms with Crippen LogP contribution in [0.25, 0.3) is 0 Å². The summed E-state index contributed by atoms with van der Waals surface area (Å²) in [4.78, 5) is 50.8. The average Bonchev–Trinajstić information content (AvgIpc) is 0.814. The number of rotatable bonds is 32. The molecule has 0 amide bonds. The van der Waals surface area contributed by atoms with Gasteiger partial charge in [0.25, 0.3) is 0 Å². The molecule has 8 heterocycles. The standard InChI is InChI=1S/2C27H37N7O3S.2C25H33N7O2S/c1-20-19-28-26(30-21-7-5-9-23(17-21)34-13-11-33(12-14-34)15-16-35)31-25(20)29-22-8-6-10-24(18-22)38(36,37)32-27(2,3)4;1-20-19-28-26(30-21-8-10-23(11-9-21)34-14-12-33(13-15-34)16-17-35)31-25(20)29-22-6-5-7-24(18-22)38(36,37)32-27(2,3)4;1-18-17-27-24(29-19-7-5-9-21(15-19)32-13-11-26-12-14-32)30-23(18)28-20-8-6-10-22(16-20)35(33,34)31-25(2,3)4;1-18-17-27-24(29-19-8-10-21(11-9-19)32-14-12-26-13-15-32)30-23(18)28-20-6-5-7-22(16-20)35(33,34)31-25(2,3)4/h5-10,17-19,32,35H,11-16H2,1-4H3,(H2,28,29,30,31);5-11,18-19,32,35H,12-17H2,1-4H3,(H2,28,29,30,31);5-10,15-17,26,31H,11-14H2,1-4H3,(H2,27,28,29,30);5-11,16-17,26,31H,12-15H2,1-4H3,(H2,27,28,29,30). The summed E-state index contributed by atoms with van der Waals surface area (Å²) >= 11 is 0. The van der Waals surface area contributed by atoms with Crippen molar-refractivity contribution in [1.29, 1.82) is 0 Å². The van der Waals surface area contributed by atoms with Crippen LogP contribution in [-0.2, 0) is 40.1 Å². The zero-order valence-corrected chi connectivity index (χ0v) is 89.2. The summed E-state index contributed by atoms with van der Waals surface area (Å²) in [6.45, 7) is 46.4. The number of anilines is 20. The van der Waals surface area contributed by atoms with Crippen LogP contribution in [0.2, 0.25) is 0 Å². The van der Waals surface area contributed by atoms with Crippen molar-refractivity contribution in [1.82, 2.24) is 79.2 Å². The maximum absolute atomic E-state index is 12.8. The number of benzene rings is 8. The molecule has 4 aromatic heterocycles. The van der Waals surface area contributed by atoms with Crippen LogP contribution in [0, 0.1) is 27.7 Å². The van der Waals surface area contributed by atoms with Crippen LogP contribution in [0.4, 0.5) is 115 Å². The molecule has 16 rings (SSSR count). The molecular formula is C104H140N28O10S4. The molecule has 0 radical (unpaired) electrons. The topological polar surface area (TPSA) is 468 Å². The lowest BCUT2D eigenvalue weighted by Crippen LogP contribution is -2.47. The molecule has 42 heteroatoms. The van der Waals surface area contributed by atoms with E-state index in [0.717, 1.165) is 173 Å². The van der Waals surface area contributed by atoms with E-state index >= 15 is 0 Å². The summed E-state index contributed by atoms with van der Waals surface area (Å²) in [5.41, 5.74) is 11.6. The fourth-order valence-electron chi connectivity index (χ4n) is 16.1. The molecular weight excluding hydrogens is 1930 g/mol. The molecule has 0 saturated carbocycles. The number of nitrogens with one attached hydrogen (secondary N) is 14. The molecule has 0 atom stereocenters. The van der Waals surface area contributed by atoms with Crippen LogP contribution >= 0.6 is 0 Å². The second-order valence-electron chi connectivity index (χ2n) is 40.2. The van der Waals surface area contributed by atoms with Crippen molar-refractivity contribution in [2.24, 2.45) is 0 Å². The number of hydrogen-bond donors (Lipinski definition) is 16. The van der Waals surface area contributed by atoms with Gasteiger partial charge in [0.15, 0.2) is 0 Å². The second-order valence-corrected chi connectivity index (χ2v) is 46.9. The Morgan fingerprint density at radius 2 is 0.500 bits per heavy atom. The normalized spacial score (nSPS) is 14.8. The summed E-state index contributed by atoms with van der Waals surface area (Å²) in [5.74, 6) is 4.12. The van der Waals surface area contributed by atoms with Crippen molar-refractivity contribution in [3.05, 3.63) is 241 Å². The third kappa shape index (κ3) is 33.6. The molecule has 780 valence electrons. The van der Waals surface area contributed by atoms with Gasteiger partial charge >= 0.3 is 0 Å². The minimum absolute atomic E-state index is 0.177. The SMILES string of the molecule is Cc1cnc(Nc2ccc(N3CCN(CCO)CC3)cc2)nc1Nc1cccc(S(=O)(=O)NC(C)(C)C)c1.Cc1cnc(Nc2ccc(N3CCNCC3)cc2)nc1Nc1cccc(S(=O)(=O)NC(C)(C)C)c1.Cc1cnc(Nc2cccc(N3CCN(CCO)CC3)c2)nc1Nc1cccc(S(=O)(=O)NC(C)(C)C)c1.Cc1cnc(Nc2cccc(N3CCNCC3)c2)nc1Nc1cccc(S(=O)(=O)NC(C)(C)C)c1. The largest absolute Gasteiger partial charge is 0.395 e. The van der Waals surface area contributed by atoms with Crippen LogP contribution in [0.3, 0.4) is 0 Å². The van der Waals surface area contributed by atoms with Gasteiger partial charge in [-0.05, 0) is 269 Å². The molecule has 4 saturated heterocycles. The predicted octanol–water partition coefficient (Wildman–Crippen LogP) is 14.4. The van der Waals surface area contributed by atoms with Crippen LogP contribution in [0.5, 0.6) is 0 Å². The molecule has 0 spiro atoms.